The molecular formula is C12H15FN2O4S. The number of nitro groups is 1. The van der Waals surface area contributed by atoms with Crippen molar-refractivity contribution in [2.45, 2.75) is 18.9 Å². The number of nitro benzene ring substituents is 1. The molecule has 0 saturated carbocycles. The van der Waals surface area contributed by atoms with E-state index in [9.17, 15) is 18.7 Å². The molecule has 1 aromatic carbocycles. The van der Waals surface area contributed by atoms with Crippen LogP contribution in [0, 0.1) is 15.9 Å². The van der Waals surface area contributed by atoms with Gasteiger partial charge in [-0.15, -0.1) is 0 Å². The van der Waals surface area contributed by atoms with Crippen LogP contribution in [-0.2, 0) is 10.8 Å². The highest BCUT2D eigenvalue weighted by atomic mass is 32.2. The fourth-order valence-corrected chi connectivity index (χ4v) is 3.42. The van der Waals surface area contributed by atoms with Crippen LogP contribution in [0.2, 0.25) is 0 Å². The van der Waals surface area contributed by atoms with Crippen LogP contribution in [0.3, 0.4) is 0 Å². The molecule has 1 saturated heterocycles. The molecule has 0 radical (unpaired) electrons. The zero-order valence-electron chi connectivity index (χ0n) is 10.9. The molecule has 0 spiro atoms. The first-order valence-electron chi connectivity index (χ1n) is 6.14. The summed E-state index contributed by atoms with van der Waals surface area (Å²) >= 11 is 0. The summed E-state index contributed by atoms with van der Waals surface area (Å²) in [5.41, 5.74) is -0.231. The van der Waals surface area contributed by atoms with Gasteiger partial charge in [-0.3, -0.25) is 14.3 Å². The van der Waals surface area contributed by atoms with Gasteiger partial charge in [-0.25, -0.2) is 4.39 Å². The zero-order valence-corrected chi connectivity index (χ0v) is 11.7. The molecule has 20 heavy (non-hydrogen) atoms. The van der Waals surface area contributed by atoms with Crippen LogP contribution in [-0.4, -0.2) is 33.8 Å². The van der Waals surface area contributed by atoms with Crippen molar-refractivity contribution in [3.63, 3.8) is 0 Å². The highest BCUT2D eigenvalue weighted by Crippen LogP contribution is 2.33. The molecule has 0 atom stereocenters. The number of nitrogens with zero attached hydrogens (tertiary/aromatic N) is 1. The summed E-state index contributed by atoms with van der Waals surface area (Å²) in [6, 6.07) is 2.16. The first kappa shape index (κ1) is 14.7. The van der Waals surface area contributed by atoms with Gasteiger partial charge in [0.25, 0.3) is 0 Å². The van der Waals surface area contributed by atoms with Gasteiger partial charge in [-0.05, 0) is 12.8 Å². The van der Waals surface area contributed by atoms with Gasteiger partial charge in [0, 0.05) is 34.4 Å². The molecule has 1 heterocycles. The molecule has 0 aliphatic carbocycles. The molecule has 0 bridgehead atoms. The van der Waals surface area contributed by atoms with Crippen molar-refractivity contribution in [1.29, 1.82) is 0 Å². The van der Waals surface area contributed by atoms with Crippen molar-refractivity contribution < 1.29 is 18.3 Å². The van der Waals surface area contributed by atoms with E-state index < -0.39 is 27.2 Å². The summed E-state index contributed by atoms with van der Waals surface area (Å²) in [4.78, 5) is 10.1. The van der Waals surface area contributed by atoms with E-state index in [2.05, 4.69) is 5.32 Å². The minimum atomic E-state index is -0.788. The molecule has 0 aromatic heterocycles. The van der Waals surface area contributed by atoms with Crippen molar-refractivity contribution >= 4 is 22.2 Å². The molecule has 1 N–H and O–H groups in total. The van der Waals surface area contributed by atoms with E-state index in [4.69, 9.17) is 4.74 Å². The van der Waals surface area contributed by atoms with Crippen LogP contribution in [0.25, 0.3) is 0 Å². The number of hydrogen-bond donors (Lipinski definition) is 1. The maximum atomic E-state index is 13.9. The van der Waals surface area contributed by atoms with Gasteiger partial charge in [-0.2, -0.15) is 0 Å². The Balaban J connectivity index is 2.19. The van der Waals surface area contributed by atoms with Crippen LogP contribution in [0.1, 0.15) is 12.8 Å². The highest BCUT2D eigenvalue weighted by Gasteiger charge is 2.22. The van der Waals surface area contributed by atoms with E-state index in [0.29, 0.717) is 24.3 Å². The van der Waals surface area contributed by atoms with E-state index in [1.165, 1.54) is 13.2 Å². The molecule has 1 aliphatic heterocycles. The molecule has 0 amide bonds. The van der Waals surface area contributed by atoms with Gasteiger partial charge in [0.15, 0.2) is 11.6 Å². The number of nitrogens with one attached hydrogen (secondary N) is 1. The zero-order chi connectivity index (χ0) is 14.7. The van der Waals surface area contributed by atoms with Crippen LogP contribution >= 0.6 is 0 Å². The Morgan fingerprint density at radius 3 is 2.65 bits per heavy atom. The van der Waals surface area contributed by atoms with Gasteiger partial charge < -0.3 is 10.1 Å². The lowest BCUT2D eigenvalue weighted by Gasteiger charge is -2.24. The van der Waals surface area contributed by atoms with Crippen LogP contribution in [0.15, 0.2) is 12.1 Å². The van der Waals surface area contributed by atoms with E-state index in [1.54, 1.807) is 0 Å². The maximum absolute atomic E-state index is 13.9. The third kappa shape index (κ3) is 3.24. The first-order valence-corrected chi connectivity index (χ1v) is 7.63. The lowest BCUT2D eigenvalue weighted by molar-refractivity contribution is -0.385. The first-order chi connectivity index (χ1) is 9.51. The largest absolute Gasteiger partial charge is 0.490 e. The Morgan fingerprint density at radius 2 is 2.10 bits per heavy atom. The minimum absolute atomic E-state index is 0.0123. The fraction of sp³-hybridized carbons (Fsp3) is 0.500. The predicted molar refractivity (Wildman–Crippen MR) is 74.1 cm³/mol. The molecular weight excluding hydrogens is 287 g/mol. The second kappa shape index (κ2) is 6.17. The van der Waals surface area contributed by atoms with E-state index >= 15 is 0 Å². The van der Waals surface area contributed by atoms with Gasteiger partial charge >= 0.3 is 5.69 Å². The number of anilines is 1. The number of benzene rings is 1. The van der Waals surface area contributed by atoms with Crippen molar-refractivity contribution in [1.82, 2.24) is 0 Å². The molecule has 6 nitrogen and oxygen atoms in total. The smallest absolute Gasteiger partial charge is 0.313 e. The Hall–Kier alpha value is -1.70. The number of ether oxygens (including phenoxy) is 1. The average molecular weight is 302 g/mol. The van der Waals surface area contributed by atoms with Gasteiger partial charge in [0.1, 0.15) is 0 Å². The van der Waals surface area contributed by atoms with E-state index in [0.717, 1.165) is 6.07 Å². The minimum Gasteiger partial charge on any atom is -0.490 e. The average Bonchev–Trinajstić information content (AvgIpc) is 2.42. The third-order valence-electron chi connectivity index (χ3n) is 3.21. The predicted octanol–water partition coefficient (Wildman–Crippen LogP) is 2.07. The fourth-order valence-electron chi connectivity index (χ4n) is 2.12. The monoisotopic (exact) mass is 302 g/mol. The number of halogens is 1. The SMILES string of the molecule is COc1cc(NC2CCS(=O)CC2)c(F)cc1[N+](=O)[O-]. The second-order valence-electron chi connectivity index (χ2n) is 4.53. The quantitative estimate of drug-likeness (QED) is 0.680. The van der Waals surface area contributed by atoms with Gasteiger partial charge in [-0.1, -0.05) is 0 Å². The summed E-state index contributed by atoms with van der Waals surface area (Å²) < 4.78 is 30.0. The van der Waals surface area contributed by atoms with Crippen molar-refractivity contribution in [2.75, 3.05) is 23.9 Å². The summed E-state index contributed by atoms with van der Waals surface area (Å²) in [7, 11) is 0.512. The van der Waals surface area contributed by atoms with Crippen LogP contribution < -0.4 is 10.1 Å². The molecule has 1 aromatic rings. The Bertz CT molecular complexity index is 543. The Morgan fingerprint density at radius 1 is 1.45 bits per heavy atom. The molecule has 110 valence electrons. The number of hydrogen-bond acceptors (Lipinski definition) is 5. The molecule has 8 heteroatoms. The van der Waals surface area contributed by atoms with Crippen LogP contribution in [0.4, 0.5) is 15.8 Å². The van der Waals surface area contributed by atoms with Crippen molar-refractivity contribution in [3.8, 4) is 5.75 Å². The molecule has 0 unspecified atom stereocenters. The van der Waals surface area contributed by atoms with Gasteiger partial charge in [0.05, 0.1) is 23.8 Å². The molecule has 1 fully saturated rings. The molecule has 2 rings (SSSR count). The third-order valence-corrected chi connectivity index (χ3v) is 4.59. The summed E-state index contributed by atoms with van der Waals surface area (Å²) in [6.07, 6.45) is 1.37. The lowest BCUT2D eigenvalue weighted by atomic mass is 10.1. The molecule has 1 aliphatic rings. The van der Waals surface area contributed by atoms with Crippen LogP contribution in [0.5, 0.6) is 5.75 Å². The van der Waals surface area contributed by atoms with Crippen molar-refractivity contribution in [2.24, 2.45) is 0 Å². The summed E-state index contributed by atoms with van der Waals surface area (Å²) in [6.45, 7) is 0. The standard InChI is InChI=1S/C12H15FN2O4S/c1-19-12-7-10(9(13)6-11(12)15(16)17)14-8-2-4-20(18)5-3-8/h6-8,14H,2-5H2,1H3. The number of rotatable bonds is 4. The Labute approximate surface area is 117 Å². The van der Waals surface area contributed by atoms with Gasteiger partial charge in [0.2, 0.25) is 0 Å². The highest BCUT2D eigenvalue weighted by molar-refractivity contribution is 7.85. The van der Waals surface area contributed by atoms with Crippen molar-refractivity contribution in [3.05, 3.63) is 28.1 Å². The summed E-state index contributed by atoms with van der Waals surface area (Å²) in [5.74, 6) is 0.495. The topological polar surface area (TPSA) is 81.5 Å². The normalized spacial score (nSPS) is 22.3. The Kier molecular flexibility index (Phi) is 4.53. The number of methoxy groups -OCH3 is 1. The van der Waals surface area contributed by atoms with E-state index in [-0.39, 0.29) is 17.5 Å². The summed E-state index contributed by atoms with van der Waals surface area (Å²) in [5, 5.41) is 13.8. The van der Waals surface area contributed by atoms with E-state index in [1.807, 2.05) is 0 Å². The maximum Gasteiger partial charge on any atom is 0.313 e. The second-order valence-corrected chi connectivity index (χ2v) is 6.22. The lowest BCUT2D eigenvalue weighted by Crippen LogP contribution is -2.29.